The van der Waals surface area contributed by atoms with E-state index in [-0.39, 0.29) is 0 Å². The molecule has 5 heteroatoms. The van der Waals surface area contributed by atoms with Gasteiger partial charge in [-0.2, -0.15) is 0 Å². The molecule has 0 bridgehead atoms. The molecule has 1 aliphatic heterocycles. The van der Waals surface area contributed by atoms with Gasteiger partial charge in [0, 0.05) is 19.7 Å². The summed E-state index contributed by atoms with van der Waals surface area (Å²) in [7, 11) is 0. The minimum atomic E-state index is 0.377. The second kappa shape index (κ2) is 5.63. The zero-order valence-corrected chi connectivity index (χ0v) is 11.8. The zero-order chi connectivity index (χ0) is 13.2. The smallest absolute Gasteiger partial charge is 0.225 e. The molecule has 1 saturated carbocycles. The fourth-order valence-electron chi connectivity index (χ4n) is 3.09. The Morgan fingerprint density at radius 3 is 2.47 bits per heavy atom. The Labute approximate surface area is 118 Å². The second-order valence-corrected chi connectivity index (χ2v) is 6.24. The minimum absolute atomic E-state index is 0.377. The van der Waals surface area contributed by atoms with Crippen LogP contribution in [0.15, 0.2) is 12.4 Å². The van der Waals surface area contributed by atoms with Crippen molar-refractivity contribution >= 4 is 17.5 Å². The highest BCUT2D eigenvalue weighted by Crippen LogP contribution is 2.44. The third-order valence-corrected chi connectivity index (χ3v) is 4.64. The van der Waals surface area contributed by atoms with Crippen molar-refractivity contribution in [2.24, 2.45) is 17.8 Å². The van der Waals surface area contributed by atoms with Gasteiger partial charge in [-0.3, -0.25) is 0 Å². The van der Waals surface area contributed by atoms with Gasteiger partial charge in [0.15, 0.2) is 0 Å². The Bertz CT molecular complexity index is 417. The number of anilines is 1. The molecule has 1 saturated heterocycles. The topological polar surface area (TPSA) is 49.2 Å². The molecule has 0 amide bonds. The third kappa shape index (κ3) is 3.18. The predicted octanol–water partition coefficient (Wildman–Crippen LogP) is 2.36. The lowest BCUT2D eigenvalue weighted by molar-refractivity contribution is 0.259. The Kier molecular flexibility index (Phi) is 3.89. The SMILES string of the molecule is OCC1CC1CC1CCN(c2ncc(Cl)cn2)CC1. The monoisotopic (exact) mass is 281 g/mol. The van der Waals surface area contributed by atoms with Crippen LogP contribution in [0, 0.1) is 17.8 Å². The summed E-state index contributed by atoms with van der Waals surface area (Å²) in [4.78, 5) is 10.8. The molecule has 2 heterocycles. The summed E-state index contributed by atoms with van der Waals surface area (Å²) in [6.45, 7) is 2.44. The quantitative estimate of drug-likeness (QED) is 0.920. The average molecular weight is 282 g/mol. The highest BCUT2D eigenvalue weighted by molar-refractivity contribution is 6.30. The number of hydrogen-bond donors (Lipinski definition) is 1. The normalized spacial score (nSPS) is 27.6. The first-order chi connectivity index (χ1) is 9.26. The number of halogens is 1. The maximum absolute atomic E-state index is 9.08. The molecule has 104 valence electrons. The molecule has 19 heavy (non-hydrogen) atoms. The maximum Gasteiger partial charge on any atom is 0.225 e. The highest BCUT2D eigenvalue weighted by Gasteiger charge is 2.38. The molecule has 2 fully saturated rings. The molecule has 0 radical (unpaired) electrons. The van der Waals surface area contributed by atoms with E-state index in [0.29, 0.717) is 17.5 Å². The minimum Gasteiger partial charge on any atom is -0.396 e. The van der Waals surface area contributed by atoms with E-state index >= 15 is 0 Å². The third-order valence-electron chi connectivity index (χ3n) is 4.44. The second-order valence-electron chi connectivity index (χ2n) is 5.81. The first kappa shape index (κ1) is 13.1. The van der Waals surface area contributed by atoms with Gasteiger partial charge in [0.1, 0.15) is 0 Å². The summed E-state index contributed by atoms with van der Waals surface area (Å²) < 4.78 is 0. The molecular formula is C14H20ClN3O. The van der Waals surface area contributed by atoms with Crippen LogP contribution in [0.2, 0.25) is 5.02 Å². The predicted molar refractivity (Wildman–Crippen MR) is 75.3 cm³/mol. The fourth-order valence-corrected chi connectivity index (χ4v) is 3.19. The molecule has 2 unspecified atom stereocenters. The number of aliphatic hydroxyl groups is 1. The molecule has 1 N–H and O–H groups in total. The van der Waals surface area contributed by atoms with Crippen LogP contribution < -0.4 is 4.90 Å². The number of rotatable bonds is 4. The van der Waals surface area contributed by atoms with E-state index in [0.717, 1.165) is 30.9 Å². The first-order valence-corrected chi connectivity index (χ1v) is 7.47. The van der Waals surface area contributed by atoms with E-state index in [1.165, 1.54) is 25.7 Å². The van der Waals surface area contributed by atoms with Gasteiger partial charge in [0.2, 0.25) is 5.95 Å². The van der Waals surface area contributed by atoms with Crippen molar-refractivity contribution in [2.45, 2.75) is 25.7 Å². The van der Waals surface area contributed by atoms with Gasteiger partial charge in [-0.1, -0.05) is 11.6 Å². The summed E-state index contributed by atoms with van der Waals surface area (Å²) in [5.41, 5.74) is 0. The zero-order valence-electron chi connectivity index (χ0n) is 11.0. The van der Waals surface area contributed by atoms with Crippen molar-refractivity contribution in [1.29, 1.82) is 0 Å². The van der Waals surface area contributed by atoms with E-state index in [2.05, 4.69) is 14.9 Å². The molecule has 1 aliphatic carbocycles. The number of piperidine rings is 1. The average Bonchev–Trinajstić information content (AvgIpc) is 3.19. The molecule has 1 aromatic rings. The lowest BCUT2D eigenvalue weighted by atomic mass is 9.91. The molecule has 2 atom stereocenters. The van der Waals surface area contributed by atoms with Gasteiger partial charge in [-0.15, -0.1) is 0 Å². The number of nitrogens with zero attached hydrogens (tertiary/aromatic N) is 3. The number of aliphatic hydroxyl groups excluding tert-OH is 1. The molecule has 0 spiro atoms. The number of hydrogen-bond acceptors (Lipinski definition) is 4. The van der Waals surface area contributed by atoms with Gasteiger partial charge in [0.05, 0.1) is 17.4 Å². The van der Waals surface area contributed by atoms with Crippen molar-refractivity contribution in [2.75, 3.05) is 24.6 Å². The van der Waals surface area contributed by atoms with Gasteiger partial charge in [-0.05, 0) is 43.4 Å². The van der Waals surface area contributed by atoms with Crippen molar-refractivity contribution in [3.63, 3.8) is 0 Å². The van der Waals surface area contributed by atoms with E-state index in [9.17, 15) is 0 Å². The van der Waals surface area contributed by atoms with Crippen LogP contribution in [0.25, 0.3) is 0 Å². The van der Waals surface area contributed by atoms with Crippen molar-refractivity contribution < 1.29 is 5.11 Å². The summed E-state index contributed by atoms with van der Waals surface area (Å²) in [5.74, 6) is 2.98. The summed E-state index contributed by atoms with van der Waals surface area (Å²) in [6.07, 6.45) is 8.26. The standard InChI is InChI=1S/C14H20ClN3O/c15-13-7-16-14(17-8-13)18-3-1-10(2-4-18)5-11-6-12(11)9-19/h7-8,10-12,19H,1-6,9H2. The first-order valence-electron chi connectivity index (χ1n) is 7.09. The van der Waals surface area contributed by atoms with E-state index < -0.39 is 0 Å². The molecule has 2 aliphatic rings. The lowest BCUT2D eigenvalue weighted by Gasteiger charge is -2.32. The summed E-state index contributed by atoms with van der Waals surface area (Å²) >= 11 is 5.80. The van der Waals surface area contributed by atoms with Crippen LogP contribution in [-0.2, 0) is 0 Å². The molecule has 3 rings (SSSR count). The highest BCUT2D eigenvalue weighted by atomic mass is 35.5. The largest absolute Gasteiger partial charge is 0.396 e. The number of aromatic nitrogens is 2. The Morgan fingerprint density at radius 1 is 1.21 bits per heavy atom. The van der Waals surface area contributed by atoms with E-state index in [4.69, 9.17) is 16.7 Å². The molecule has 1 aromatic heterocycles. The van der Waals surface area contributed by atoms with Gasteiger partial charge in [0.25, 0.3) is 0 Å². The van der Waals surface area contributed by atoms with Gasteiger partial charge >= 0.3 is 0 Å². The van der Waals surface area contributed by atoms with E-state index in [1.807, 2.05) is 0 Å². The van der Waals surface area contributed by atoms with Crippen LogP contribution in [0.5, 0.6) is 0 Å². The van der Waals surface area contributed by atoms with E-state index in [1.54, 1.807) is 12.4 Å². The summed E-state index contributed by atoms with van der Waals surface area (Å²) in [6, 6.07) is 0. The maximum atomic E-state index is 9.08. The lowest BCUT2D eigenvalue weighted by Crippen LogP contribution is -2.35. The Morgan fingerprint density at radius 2 is 1.89 bits per heavy atom. The van der Waals surface area contributed by atoms with Crippen LogP contribution in [-0.4, -0.2) is 34.8 Å². The Balaban J connectivity index is 1.48. The van der Waals surface area contributed by atoms with Crippen molar-refractivity contribution in [1.82, 2.24) is 9.97 Å². The molecule has 0 aromatic carbocycles. The van der Waals surface area contributed by atoms with Gasteiger partial charge in [-0.25, -0.2) is 9.97 Å². The van der Waals surface area contributed by atoms with Crippen LogP contribution in [0.4, 0.5) is 5.95 Å². The molecule has 4 nitrogen and oxygen atoms in total. The fraction of sp³-hybridized carbons (Fsp3) is 0.714. The van der Waals surface area contributed by atoms with Gasteiger partial charge < -0.3 is 10.0 Å². The van der Waals surface area contributed by atoms with Crippen molar-refractivity contribution in [3.8, 4) is 0 Å². The van der Waals surface area contributed by atoms with Crippen LogP contribution in [0.1, 0.15) is 25.7 Å². The Hall–Kier alpha value is -0.870. The summed E-state index contributed by atoms with van der Waals surface area (Å²) in [5, 5.41) is 9.67. The van der Waals surface area contributed by atoms with Crippen LogP contribution >= 0.6 is 11.6 Å². The van der Waals surface area contributed by atoms with Crippen LogP contribution in [0.3, 0.4) is 0 Å². The molecular weight excluding hydrogens is 262 g/mol. The van der Waals surface area contributed by atoms with Crippen molar-refractivity contribution in [3.05, 3.63) is 17.4 Å².